The van der Waals surface area contributed by atoms with Gasteiger partial charge in [-0.05, 0) is 86.8 Å². The standard InChI is InChI=1S/C26H34N2O2/c1-3-25(30-23-14-13-20-9-4-5-10-21(20)18-23)26(29)27-15-8-16-28-19(2)17-22-11-6-7-12-24(22)28/h6-7,11-14,18-19,25H,3-5,8-10,15-17H2,1-2H3,(H,27,29)/t19-,25+/m1/s1. The van der Waals surface area contributed by atoms with Crippen molar-refractivity contribution in [1.82, 2.24) is 5.32 Å². The lowest BCUT2D eigenvalue weighted by Gasteiger charge is -2.25. The lowest BCUT2D eigenvalue weighted by Crippen LogP contribution is -2.39. The number of anilines is 1. The van der Waals surface area contributed by atoms with Crippen LogP contribution in [0.25, 0.3) is 0 Å². The van der Waals surface area contributed by atoms with Crippen molar-refractivity contribution in [3.63, 3.8) is 0 Å². The third-order valence-electron chi connectivity index (χ3n) is 6.48. The van der Waals surface area contributed by atoms with Gasteiger partial charge in [-0.25, -0.2) is 0 Å². The molecule has 4 rings (SSSR count). The summed E-state index contributed by atoms with van der Waals surface area (Å²) in [4.78, 5) is 15.1. The van der Waals surface area contributed by atoms with E-state index in [2.05, 4.69) is 53.5 Å². The number of fused-ring (bicyclic) bond motifs is 2. The Morgan fingerprint density at radius 1 is 1.13 bits per heavy atom. The van der Waals surface area contributed by atoms with E-state index in [0.717, 1.165) is 38.0 Å². The molecule has 1 aliphatic heterocycles. The van der Waals surface area contributed by atoms with Gasteiger partial charge in [-0.15, -0.1) is 0 Å². The molecule has 0 saturated carbocycles. The molecule has 1 amide bonds. The van der Waals surface area contributed by atoms with Gasteiger partial charge in [-0.1, -0.05) is 31.2 Å². The van der Waals surface area contributed by atoms with Crippen molar-refractivity contribution < 1.29 is 9.53 Å². The van der Waals surface area contributed by atoms with Crippen LogP contribution in [-0.2, 0) is 24.1 Å². The van der Waals surface area contributed by atoms with Crippen LogP contribution in [0.4, 0.5) is 5.69 Å². The minimum atomic E-state index is -0.432. The number of nitrogens with one attached hydrogen (secondary N) is 1. The summed E-state index contributed by atoms with van der Waals surface area (Å²) in [6.45, 7) is 5.92. The van der Waals surface area contributed by atoms with Crippen LogP contribution in [0.1, 0.15) is 56.2 Å². The fourth-order valence-corrected chi connectivity index (χ4v) is 4.81. The molecule has 2 atom stereocenters. The fraction of sp³-hybridized carbons (Fsp3) is 0.500. The summed E-state index contributed by atoms with van der Waals surface area (Å²) in [5.41, 5.74) is 5.59. The van der Waals surface area contributed by atoms with Gasteiger partial charge in [0.1, 0.15) is 5.75 Å². The van der Waals surface area contributed by atoms with Crippen molar-refractivity contribution in [2.75, 3.05) is 18.0 Å². The Morgan fingerprint density at radius 3 is 2.77 bits per heavy atom. The summed E-state index contributed by atoms with van der Waals surface area (Å²) in [5, 5.41) is 3.09. The van der Waals surface area contributed by atoms with Crippen molar-refractivity contribution in [3.8, 4) is 5.75 Å². The Kier molecular flexibility index (Phi) is 6.61. The number of hydrogen-bond donors (Lipinski definition) is 1. The first kappa shape index (κ1) is 20.8. The van der Waals surface area contributed by atoms with Crippen LogP contribution in [-0.4, -0.2) is 31.1 Å². The number of carbonyl (C=O) groups is 1. The number of amides is 1. The molecule has 160 valence electrons. The Labute approximate surface area is 180 Å². The highest BCUT2D eigenvalue weighted by Gasteiger charge is 2.25. The second-order valence-electron chi connectivity index (χ2n) is 8.67. The highest BCUT2D eigenvalue weighted by atomic mass is 16.5. The zero-order valence-corrected chi connectivity index (χ0v) is 18.3. The number of carbonyl (C=O) groups excluding carboxylic acids is 1. The van der Waals surface area contributed by atoms with Crippen LogP contribution in [0.15, 0.2) is 42.5 Å². The number of benzene rings is 2. The van der Waals surface area contributed by atoms with Crippen molar-refractivity contribution in [2.24, 2.45) is 0 Å². The summed E-state index contributed by atoms with van der Waals surface area (Å²) in [6.07, 6.45) is 7.07. The lowest BCUT2D eigenvalue weighted by atomic mass is 9.92. The van der Waals surface area contributed by atoms with E-state index in [4.69, 9.17) is 4.74 Å². The van der Waals surface area contributed by atoms with Crippen molar-refractivity contribution >= 4 is 11.6 Å². The molecule has 1 aliphatic carbocycles. The molecule has 0 saturated heterocycles. The molecule has 4 nitrogen and oxygen atoms in total. The summed E-state index contributed by atoms with van der Waals surface area (Å²) < 4.78 is 6.06. The van der Waals surface area contributed by atoms with Crippen molar-refractivity contribution in [2.45, 2.75) is 70.9 Å². The largest absolute Gasteiger partial charge is 0.481 e. The van der Waals surface area contributed by atoms with Crippen molar-refractivity contribution in [1.29, 1.82) is 0 Å². The quantitative estimate of drug-likeness (QED) is 0.647. The fourth-order valence-electron chi connectivity index (χ4n) is 4.81. The van der Waals surface area contributed by atoms with E-state index < -0.39 is 6.10 Å². The van der Waals surface area contributed by atoms with Gasteiger partial charge in [0.25, 0.3) is 5.91 Å². The number of para-hydroxylation sites is 1. The number of rotatable bonds is 8. The maximum Gasteiger partial charge on any atom is 0.261 e. The number of ether oxygens (including phenoxy) is 1. The summed E-state index contributed by atoms with van der Waals surface area (Å²) >= 11 is 0. The third-order valence-corrected chi connectivity index (χ3v) is 6.48. The smallest absolute Gasteiger partial charge is 0.261 e. The average Bonchev–Trinajstić information content (AvgIpc) is 3.09. The monoisotopic (exact) mass is 406 g/mol. The molecular formula is C26H34N2O2. The first-order valence-electron chi connectivity index (χ1n) is 11.6. The van der Waals surface area contributed by atoms with Crippen LogP contribution in [0, 0.1) is 0 Å². The molecule has 0 radical (unpaired) electrons. The van der Waals surface area contributed by atoms with Gasteiger partial charge in [-0.3, -0.25) is 4.79 Å². The van der Waals surface area contributed by atoms with Gasteiger partial charge >= 0.3 is 0 Å². The van der Waals surface area contributed by atoms with Crippen molar-refractivity contribution in [3.05, 3.63) is 59.2 Å². The van der Waals surface area contributed by atoms with E-state index in [0.29, 0.717) is 19.0 Å². The van der Waals surface area contributed by atoms with Gasteiger partial charge in [0.05, 0.1) is 0 Å². The third kappa shape index (κ3) is 4.63. The van der Waals surface area contributed by atoms with E-state index in [1.165, 1.54) is 35.2 Å². The Bertz CT molecular complexity index is 879. The number of aryl methyl sites for hydroxylation is 2. The minimum absolute atomic E-state index is 0.00917. The minimum Gasteiger partial charge on any atom is -0.481 e. The molecule has 0 spiro atoms. The van der Waals surface area contributed by atoms with Crippen LogP contribution >= 0.6 is 0 Å². The Morgan fingerprint density at radius 2 is 1.93 bits per heavy atom. The highest BCUT2D eigenvalue weighted by Crippen LogP contribution is 2.31. The maximum absolute atomic E-state index is 12.7. The van der Waals surface area contributed by atoms with E-state index in [1.807, 2.05) is 13.0 Å². The molecule has 2 aliphatic rings. The topological polar surface area (TPSA) is 41.6 Å². The molecule has 30 heavy (non-hydrogen) atoms. The summed E-state index contributed by atoms with van der Waals surface area (Å²) in [5.74, 6) is 0.810. The second kappa shape index (κ2) is 9.55. The molecule has 0 aromatic heterocycles. The predicted octanol–water partition coefficient (Wildman–Crippen LogP) is 4.68. The maximum atomic E-state index is 12.7. The molecule has 2 aromatic rings. The second-order valence-corrected chi connectivity index (χ2v) is 8.67. The zero-order chi connectivity index (χ0) is 20.9. The SMILES string of the molecule is CC[C@H](Oc1ccc2c(c1)CCCC2)C(=O)NCCCN1c2ccccc2C[C@H]1C. The lowest BCUT2D eigenvalue weighted by molar-refractivity contribution is -0.128. The molecule has 1 heterocycles. The van der Waals surface area contributed by atoms with Crippen LogP contribution in [0.3, 0.4) is 0 Å². The molecule has 0 bridgehead atoms. The van der Waals surface area contributed by atoms with E-state index in [9.17, 15) is 4.79 Å². The molecule has 1 N–H and O–H groups in total. The first-order valence-corrected chi connectivity index (χ1v) is 11.6. The van der Waals surface area contributed by atoms with Gasteiger partial charge < -0.3 is 15.0 Å². The molecular weight excluding hydrogens is 372 g/mol. The molecule has 0 unspecified atom stereocenters. The summed E-state index contributed by atoms with van der Waals surface area (Å²) in [6, 6.07) is 15.5. The van der Waals surface area contributed by atoms with Gasteiger partial charge in [0, 0.05) is 24.8 Å². The predicted molar refractivity (Wildman–Crippen MR) is 122 cm³/mol. The molecule has 4 heteroatoms. The van der Waals surface area contributed by atoms with Gasteiger partial charge in [0.2, 0.25) is 0 Å². The average molecular weight is 407 g/mol. The zero-order valence-electron chi connectivity index (χ0n) is 18.3. The normalized spacial score (nSPS) is 18.5. The highest BCUT2D eigenvalue weighted by molar-refractivity contribution is 5.81. The number of nitrogens with zero attached hydrogens (tertiary/aromatic N) is 1. The van der Waals surface area contributed by atoms with Crippen LogP contribution in [0.2, 0.25) is 0 Å². The number of hydrogen-bond acceptors (Lipinski definition) is 3. The van der Waals surface area contributed by atoms with Crippen LogP contribution < -0.4 is 15.0 Å². The van der Waals surface area contributed by atoms with Gasteiger partial charge in [0.15, 0.2) is 6.10 Å². The first-order chi connectivity index (χ1) is 14.7. The van der Waals surface area contributed by atoms with E-state index >= 15 is 0 Å². The Balaban J connectivity index is 1.26. The Hall–Kier alpha value is -2.49. The summed E-state index contributed by atoms with van der Waals surface area (Å²) in [7, 11) is 0. The van der Waals surface area contributed by atoms with E-state index in [1.54, 1.807) is 0 Å². The van der Waals surface area contributed by atoms with E-state index in [-0.39, 0.29) is 5.91 Å². The molecule has 2 aromatic carbocycles. The molecule has 0 fully saturated rings. The van der Waals surface area contributed by atoms with Crippen LogP contribution in [0.5, 0.6) is 5.75 Å². The van der Waals surface area contributed by atoms with Gasteiger partial charge in [-0.2, -0.15) is 0 Å².